The van der Waals surface area contributed by atoms with Crippen molar-refractivity contribution in [3.8, 4) is 0 Å². The molecule has 5 rings (SSSR count). The maximum Gasteiger partial charge on any atom is 0.416 e. The maximum atomic E-state index is 13.4. The number of halogens is 6. The Bertz CT molecular complexity index is 1540. The van der Waals surface area contributed by atoms with E-state index in [1.54, 1.807) is 0 Å². The lowest BCUT2D eigenvalue weighted by Gasteiger charge is -2.25. The van der Waals surface area contributed by atoms with Crippen LogP contribution in [0.1, 0.15) is 18.1 Å². The average Bonchev–Trinajstić information content (AvgIpc) is 3.01. The summed E-state index contributed by atoms with van der Waals surface area (Å²) in [5.74, 6) is 0. The summed E-state index contributed by atoms with van der Waals surface area (Å²) in [4.78, 5) is 0. The van der Waals surface area contributed by atoms with Crippen LogP contribution in [0.2, 0.25) is 0 Å². The predicted octanol–water partition coefficient (Wildman–Crippen LogP) is 4.76. The monoisotopic (exact) mass is 608 g/mol. The number of nitrogens with two attached hydrogens (primary N) is 1. The average molecular weight is 608 g/mol. The molecule has 5 aromatic carbocycles. The Kier molecular flexibility index (Phi) is 9.36. The second-order valence-corrected chi connectivity index (χ2v) is 10.2. The Morgan fingerprint density at radius 2 is 1.00 bits per heavy atom. The molecule has 226 valence electrons. The molecule has 0 aliphatic heterocycles. The summed E-state index contributed by atoms with van der Waals surface area (Å²) >= 11 is 0. The molecule has 5 aromatic rings. The van der Waals surface area contributed by atoms with Crippen molar-refractivity contribution in [3.63, 3.8) is 0 Å². The van der Waals surface area contributed by atoms with Crippen LogP contribution < -0.4 is 33.1 Å². The first-order valence-corrected chi connectivity index (χ1v) is 14.0. The molecule has 0 aromatic heterocycles. The highest BCUT2D eigenvalue weighted by Crippen LogP contribution is 2.30. The summed E-state index contributed by atoms with van der Waals surface area (Å²) in [6, 6.07) is 24.6. The molecule has 0 atom stereocenters. The first-order chi connectivity index (χ1) is 21.0. The molecule has 12 heteroatoms. The molecule has 0 fully saturated rings. The van der Waals surface area contributed by atoms with Gasteiger partial charge in [-0.25, -0.2) is 5.48 Å². The number of rotatable bonds is 10. The second-order valence-electron chi connectivity index (χ2n) is 10.2. The lowest BCUT2D eigenvalue weighted by atomic mass is 9.49. The van der Waals surface area contributed by atoms with Gasteiger partial charge in [0.25, 0.3) is 0 Å². The Balaban J connectivity index is 1.77. The van der Waals surface area contributed by atoms with Gasteiger partial charge in [-0.15, -0.1) is 0 Å². The van der Waals surface area contributed by atoms with Crippen LogP contribution in [0.3, 0.4) is 0 Å². The molecule has 0 bridgehead atoms. The van der Waals surface area contributed by atoms with E-state index in [1.165, 1.54) is 24.3 Å². The van der Waals surface area contributed by atoms with Gasteiger partial charge in [0.05, 0.1) is 11.1 Å². The van der Waals surface area contributed by atoms with Gasteiger partial charge < -0.3 is 15.1 Å². The molecule has 44 heavy (non-hydrogen) atoms. The Morgan fingerprint density at radius 3 is 1.36 bits per heavy atom. The molecule has 0 radical (unpaired) electrons. The van der Waals surface area contributed by atoms with Crippen molar-refractivity contribution in [1.82, 2.24) is 5.48 Å². The number of hydrogen-bond acceptors (Lipinski definition) is 4. The second kappa shape index (κ2) is 13.0. The fourth-order valence-electron chi connectivity index (χ4n) is 5.45. The van der Waals surface area contributed by atoms with E-state index in [4.69, 9.17) is 15.1 Å². The lowest BCUT2D eigenvalue weighted by Crippen LogP contribution is -2.51. The Hall–Kier alpha value is -3.83. The van der Waals surface area contributed by atoms with E-state index in [9.17, 15) is 26.3 Å². The maximum absolute atomic E-state index is 13.4. The van der Waals surface area contributed by atoms with Gasteiger partial charge in [-0.2, -0.15) is 26.3 Å². The molecular weight excluding hydrogens is 580 g/mol. The minimum absolute atomic E-state index is 0.147. The lowest BCUT2D eigenvalue weighted by molar-refractivity contribution is -0.138. The number of hydroxylamine groups is 1. The van der Waals surface area contributed by atoms with Crippen molar-refractivity contribution in [2.24, 2.45) is 5.73 Å². The number of hydrogen-bond donors (Lipinski definition) is 2. The van der Waals surface area contributed by atoms with Crippen LogP contribution in [0.5, 0.6) is 0 Å². The van der Waals surface area contributed by atoms with Gasteiger partial charge in [0.2, 0.25) is 0 Å². The Labute approximate surface area is 251 Å². The van der Waals surface area contributed by atoms with Crippen molar-refractivity contribution in [3.05, 3.63) is 108 Å². The molecule has 0 saturated heterocycles. The number of fused-ring (bicyclic) bond motifs is 2. The van der Waals surface area contributed by atoms with Crippen LogP contribution in [0, 0.1) is 0 Å². The largest absolute Gasteiger partial charge is 0.426 e. The van der Waals surface area contributed by atoms with E-state index in [2.05, 4.69) is 5.48 Å². The van der Waals surface area contributed by atoms with Crippen LogP contribution in [0.15, 0.2) is 97.1 Å². The van der Waals surface area contributed by atoms with E-state index in [1.807, 2.05) is 55.5 Å². The number of alkyl halides is 6. The van der Waals surface area contributed by atoms with Crippen LogP contribution in [-0.2, 0) is 21.8 Å². The highest BCUT2D eigenvalue weighted by molar-refractivity contribution is 6.87. The fourth-order valence-corrected chi connectivity index (χ4v) is 5.45. The van der Waals surface area contributed by atoms with E-state index >= 15 is 0 Å². The molecule has 4 nitrogen and oxygen atoms in total. The highest BCUT2D eigenvalue weighted by Gasteiger charge is 2.35. The zero-order valence-corrected chi connectivity index (χ0v) is 23.7. The smallest absolute Gasteiger partial charge is 0.416 e. The van der Waals surface area contributed by atoms with Gasteiger partial charge in [-0.1, -0.05) is 104 Å². The molecule has 0 spiro atoms. The number of nitrogens with one attached hydrogen (secondary N) is 1. The minimum atomic E-state index is -4.49. The van der Waals surface area contributed by atoms with Crippen molar-refractivity contribution in [2.45, 2.75) is 19.3 Å². The summed E-state index contributed by atoms with van der Waals surface area (Å²) in [5, 5.41) is 3.00. The third-order valence-corrected chi connectivity index (χ3v) is 7.37. The predicted molar refractivity (Wildman–Crippen MR) is 164 cm³/mol. The summed E-state index contributed by atoms with van der Waals surface area (Å²) in [6.07, 6.45) is -8.98. The third kappa shape index (κ3) is 6.49. The molecule has 0 unspecified atom stereocenters. The minimum Gasteiger partial charge on any atom is -0.426 e. The first kappa shape index (κ1) is 31.6. The van der Waals surface area contributed by atoms with E-state index < -0.39 is 37.3 Å². The molecular formula is C32H28B2F6N2O2. The van der Waals surface area contributed by atoms with Gasteiger partial charge in [0, 0.05) is 19.7 Å². The van der Waals surface area contributed by atoms with E-state index in [0.29, 0.717) is 22.9 Å². The van der Waals surface area contributed by atoms with Crippen molar-refractivity contribution >= 4 is 57.2 Å². The van der Waals surface area contributed by atoms with Crippen LogP contribution in [-0.4, -0.2) is 33.5 Å². The summed E-state index contributed by atoms with van der Waals surface area (Å²) < 4.78 is 92.6. The molecule has 0 amide bonds. The topological polar surface area (TPSA) is 56.5 Å². The molecule has 0 aliphatic rings. The quantitative estimate of drug-likeness (QED) is 0.104. The molecule has 0 saturated carbocycles. The van der Waals surface area contributed by atoms with Crippen molar-refractivity contribution < 1.29 is 35.8 Å². The summed E-state index contributed by atoms with van der Waals surface area (Å²) in [6.45, 7) is 1.03. The summed E-state index contributed by atoms with van der Waals surface area (Å²) in [7, 11) is 0. The molecule has 3 N–H and O–H groups in total. The molecule has 0 heterocycles. The van der Waals surface area contributed by atoms with Gasteiger partial charge in [-0.05, 0) is 43.4 Å². The van der Waals surface area contributed by atoms with Gasteiger partial charge in [0.1, 0.15) is 0 Å². The summed E-state index contributed by atoms with van der Waals surface area (Å²) in [5.41, 5.74) is 9.56. The number of benzene rings is 5. The molecule has 0 aliphatic carbocycles. The third-order valence-electron chi connectivity index (χ3n) is 7.37. The van der Waals surface area contributed by atoms with E-state index in [-0.39, 0.29) is 13.2 Å². The van der Waals surface area contributed by atoms with Gasteiger partial charge >= 0.3 is 26.2 Å². The van der Waals surface area contributed by atoms with E-state index in [0.717, 1.165) is 51.3 Å². The van der Waals surface area contributed by atoms with Crippen molar-refractivity contribution in [2.75, 3.05) is 19.7 Å². The zero-order chi connectivity index (χ0) is 31.5. The Morgan fingerprint density at radius 1 is 0.614 bits per heavy atom. The first-order valence-electron chi connectivity index (χ1n) is 14.0. The normalized spacial score (nSPS) is 12.2. The van der Waals surface area contributed by atoms with Crippen molar-refractivity contribution in [1.29, 1.82) is 0 Å². The highest BCUT2D eigenvalue weighted by atomic mass is 19.4. The fraction of sp³-hybridized carbons (Fsp3) is 0.188. The van der Waals surface area contributed by atoms with Crippen LogP contribution >= 0.6 is 0 Å². The van der Waals surface area contributed by atoms with Gasteiger partial charge in [0.15, 0.2) is 0 Å². The SMILES string of the molecule is CCNOB(c1ccc(C(F)(F)F)cc1)c1c2ccccc2c(B(OCCN)c2ccc(C(F)(F)F)cc2)c2ccccc12. The van der Waals surface area contributed by atoms with Gasteiger partial charge in [-0.3, -0.25) is 0 Å². The van der Waals surface area contributed by atoms with Crippen LogP contribution in [0.25, 0.3) is 21.5 Å². The zero-order valence-electron chi connectivity index (χ0n) is 23.7. The standard InChI is InChI=1S/C32H28B2F6N2O2/c1-2-42-44-34(24-17-13-22(14-18-24)32(38,39)40)30-27-9-5-3-7-25(27)29(26-8-4-6-10-28(26)30)33(43-20-19-41)23-15-11-21(12-16-23)31(35,36)37/h3-18,42H,2,19-20,41H2,1H3. The van der Waals surface area contributed by atoms with Crippen LogP contribution in [0.4, 0.5) is 26.3 Å².